The molecule has 2 N–H and O–H groups in total. The number of amides is 1. The SMILES string of the molecule is O=C(NC1CC2CC1CN2)n1cc(-c2ccccc2)cn1. The Morgan fingerprint density at radius 3 is 2.81 bits per heavy atom. The second kappa shape index (κ2) is 5.00. The van der Waals surface area contributed by atoms with E-state index in [1.807, 2.05) is 30.3 Å². The molecule has 1 aromatic carbocycles. The summed E-state index contributed by atoms with van der Waals surface area (Å²) < 4.78 is 1.40. The summed E-state index contributed by atoms with van der Waals surface area (Å²) in [5.41, 5.74) is 2.03. The zero-order valence-electron chi connectivity index (χ0n) is 11.7. The predicted octanol–water partition coefficient (Wildman–Crippen LogP) is 1.86. The van der Waals surface area contributed by atoms with Crippen molar-refractivity contribution in [2.75, 3.05) is 6.54 Å². The second-order valence-electron chi connectivity index (χ2n) is 5.93. The summed E-state index contributed by atoms with van der Waals surface area (Å²) in [5.74, 6) is 0.572. The molecule has 0 spiro atoms. The molecule has 1 aliphatic carbocycles. The molecule has 1 aromatic heterocycles. The largest absolute Gasteiger partial charge is 0.342 e. The van der Waals surface area contributed by atoms with Crippen molar-refractivity contribution in [3.05, 3.63) is 42.7 Å². The smallest absolute Gasteiger partial charge is 0.333 e. The average Bonchev–Trinajstić information content (AvgIpc) is 3.24. The number of piperidine rings is 1. The molecule has 4 rings (SSSR count). The van der Waals surface area contributed by atoms with Gasteiger partial charge in [0.2, 0.25) is 0 Å². The lowest BCUT2D eigenvalue weighted by molar-refractivity contribution is 0.230. The Hall–Kier alpha value is -2.14. The van der Waals surface area contributed by atoms with Gasteiger partial charge in [0.15, 0.2) is 0 Å². The molecule has 2 bridgehead atoms. The van der Waals surface area contributed by atoms with Crippen LogP contribution in [0.1, 0.15) is 12.8 Å². The number of nitrogens with one attached hydrogen (secondary N) is 2. The fraction of sp³-hybridized carbons (Fsp3) is 0.375. The Kier molecular flexibility index (Phi) is 3.00. The van der Waals surface area contributed by atoms with Crippen molar-refractivity contribution in [2.24, 2.45) is 5.92 Å². The monoisotopic (exact) mass is 282 g/mol. The van der Waals surface area contributed by atoms with Crippen LogP contribution in [0.15, 0.2) is 42.7 Å². The predicted molar refractivity (Wildman–Crippen MR) is 79.9 cm³/mol. The third-order valence-corrected chi connectivity index (χ3v) is 4.57. The summed E-state index contributed by atoms with van der Waals surface area (Å²) in [6, 6.07) is 10.7. The summed E-state index contributed by atoms with van der Waals surface area (Å²) in [7, 11) is 0. The second-order valence-corrected chi connectivity index (χ2v) is 5.93. The molecule has 2 aliphatic rings. The van der Waals surface area contributed by atoms with Crippen LogP contribution in [0.4, 0.5) is 4.79 Å². The first-order chi connectivity index (χ1) is 10.3. The number of nitrogens with zero attached hydrogens (tertiary/aromatic N) is 2. The van der Waals surface area contributed by atoms with Crippen LogP contribution in [0.5, 0.6) is 0 Å². The summed E-state index contributed by atoms with van der Waals surface area (Å²) in [6.45, 7) is 1.02. The topological polar surface area (TPSA) is 59.0 Å². The first kappa shape index (κ1) is 12.6. The molecule has 2 fully saturated rings. The van der Waals surface area contributed by atoms with Crippen LogP contribution >= 0.6 is 0 Å². The van der Waals surface area contributed by atoms with Crippen LogP contribution in [0, 0.1) is 5.92 Å². The highest BCUT2D eigenvalue weighted by molar-refractivity contribution is 5.77. The Balaban J connectivity index is 1.47. The summed E-state index contributed by atoms with van der Waals surface area (Å²) in [6.07, 6.45) is 5.73. The van der Waals surface area contributed by atoms with Gasteiger partial charge in [0.25, 0.3) is 0 Å². The van der Waals surface area contributed by atoms with Crippen LogP contribution in [-0.4, -0.2) is 34.4 Å². The maximum Gasteiger partial charge on any atom is 0.342 e. The molecule has 108 valence electrons. The molecule has 1 saturated carbocycles. The third kappa shape index (κ3) is 2.34. The van der Waals surface area contributed by atoms with Gasteiger partial charge >= 0.3 is 6.03 Å². The molecular weight excluding hydrogens is 264 g/mol. The van der Waals surface area contributed by atoms with Gasteiger partial charge < -0.3 is 10.6 Å². The zero-order chi connectivity index (χ0) is 14.2. The third-order valence-electron chi connectivity index (χ3n) is 4.57. The van der Waals surface area contributed by atoms with E-state index in [1.165, 1.54) is 11.1 Å². The molecule has 0 radical (unpaired) electrons. The number of carbonyl (C=O) groups is 1. The van der Waals surface area contributed by atoms with E-state index in [0.29, 0.717) is 12.0 Å². The molecular formula is C16H18N4O. The van der Waals surface area contributed by atoms with Crippen molar-refractivity contribution in [1.29, 1.82) is 0 Å². The molecule has 1 amide bonds. The molecule has 5 heteroatoms. The normalized spacial score (nSPS) is 27.0. The van der Waals surface area contributed by atoms with Gasteiger partial charge in [-0.05, 0) is 24.3 Å². The van der Waals surface area contributed by atoms with E-state index in [1.54, 1.807) is 12.4 Å². The van der Waals surface area contributed by atoms with Crippen molar-refractivity contribution in [1.82, 2.24) is 20.4 Å². The number of hydrogen-bond acceptors (Lipinski definition) is 3. The standard InChI is InChI=1S/C16H18N4O/c21-16(19-15-7-14-6-12(15)8-17-14)20-10-13(9-18-20)11-4-2-1-3-5-11/h1-5,9-10,12,14-15,17H,6-8H2,(H,19,21). The van der Waals surface area contributed by atoms with E-state index in [2.05, 4.69) is 15.7 Å². The molecule has 3 atom stereocenters. The fourth-order valence-electron chi connectivity index (χ4n) is 3.45. The Bertz CT molecular complexity index is 651. The van der Waals surface area contributed by atoms with Gasteiger partial charge in [-0.2, -0.15) is 9.78 Å². The highest BCUT2D eigenvalue weighted by Gasteiger charge is 2.40. The first-order valence-corrected chi connectivity index (χ1v) is 7.44. The maximum atomic E-state index is 12.3. The summed E-state index contributed by atoms with van der Waals surface area (Å²) in [5, 5.41) is 10.7. The van der Waals surface area contributed by atoms with Crippen molar-refractivity contribution >= 4 is 6.03 Å². The van der Waals surface area contributed by atoms with Crippen LogP contribution < -0.4 is 10.6 Å². The Morgan fingerprint density at radius 2 is 2.10 bits per heavy atom. The number of fused-ring (bicyclic) bond motifs is 2. The van der Waals surface area contributed by atoms with Gasteiger partial charge in [-0.15, -0.1) is 0 Å². The Morgan fingerprint density at radius 1 is 1.24 bits per heavy atom. The molecule has 21 heavy (non-hydrogen) atoms. The minimum Gasteiger partial charge on any atom is -0.333 e. The van der Waals surface area contributed by atoms with E-state index < -0.39 is 0 Å². The number of hydrogen-bond donors (Lipinski definition) is 2. The van der Waals surface area contributed by atoms with Crippen LogP contribution in [-0.2, 0) is 0 Å². The first-order valence-electron chi connectivity index (χ1n) is 7.44. The van der Waals surface area contributed by atoms with Gasteiger partial charge in [-0.1, -0.05) is 30.3 Å². The molecule has 5 nitrogen and oxygen atoms in total. The molecule has 1 saturated heterocycles. The number of aromatic nitrogens is 2. The van der Waals surface area contributed by atoms with Gasteiger partial charge in [0.05, 0.1) is 6.20 Å². The van der Waals surface area contributed by atoms with Crippen molar-refractivity contribution < 1.29 is 4.79 Å². The molecule has 2 heterocycles. The number of benzene rings is 1. The van der Waals surface area contributed by atoms with E-state index in [0.717, 1.165) is 24.1 Å². The number of carbonyl (C=O) groups excluding carboxylic acids is 1. The summed E-state index contributed by atoms with van der Waals surface area (Å²) >= 11 is 0. The zero-order valence-corrected chi connectivity index (χ0v) is 11.7. The average molecular weight is 282 g/mol. The van der Waals surface area contributed by atoms with E-state index in [-0.39, 0.29) is 12.1 Å². The van der Waals surface area contributed by atoms with Crippen molar-refractivity contribution in [3.63, 3.8) is 0 Å². The minimum atomic E-state index is -0.130. The van der Waals surface area contributed by atoms with Gasteiger partial charge in [0.1, 0.15) is 0 Å². The highest BCUT2D eigenvalue weighted by atomic mass is 16.2. The van der Waals surface area contributed by atoms with E-state index in [4.69, 9.17) is 0 Å². The Labute approximate surface area is 123 Å². The van der Waals surface area contributed by atoms with E-state index >= 15 is 0 Å². The lowest BCUT2D eigenvalue weighted by Gasteiger charge is -2.23. The van der Waals surface area contributed by atoms with Gasteiger partial charge in [-0.25, -0.2) is 4.79 Å². The quantitative estimate of drug-likeness (QED) is 0.884. The minimum absolute atomic E-state index is 0.130. The van der Waals surface area contributed by atoms with Crippen LogP contribution in [0.2, 0.25) is 0 Å². The maximum absolute atomic E-state index is 12.3. The lowest BCUT2D eigenvalue weighted by atomic mass is 10.0. The molecule has 1 aliphatic heterocycles. The van der Waals surface area contributed by atoms with E-state index in [9.17, 15) is 4.79 Å². The summed E-state index contributed by atoms with van der Waals surface area (Å²) in [4.78, 5) is 12.3. The highest BCUT2D eigenvalue weighted by Crippen LogP contribution is 2.31. The molecule has 2 aromatic rings. The lowest BCUT2D eigenvalue weighted by Crippen LogP contribution is -2.45. The van der Waals surface area contributed by atoms with Gasteiger partial charge in [-0.3, -0.25) is 0 Å². The number of rotatable bonds is 2. The van der Waals surface area contributed by atoms with Gasteiger partial charge in [0, 0.05) is 30.4 Å². The van der Waals surface area contributed by atoms with Crippen LogP contribution in [0.3, 0.4) is 0 Å². The van der Waals surface area contributed by atoms with Crippen molar-refractivity contribution in [3.8, 4) is 11.1 Å². The van der Waals surface area contributed by atoms with Crippen LogP contribution in [0.25, 0.3) is 11.1 Å². The fourth-order valence-corrected chi connectivity index (χ4v) is 3.45. The van der Waals surface area contributed by atoms with Crippen molar-refractivity contribution in [2.45, 2.75) is 24.9 Å². The molecule has 3 unspecified atom stereocenters.